The first-order valence-electron chi connectivity index (χ1n) is 9.04. The lowest BCUT2D eigenvalue weighted by molar-refractivity contribution is -0.140. The number of nitrogens with zero attached hydrogens (tertiary/aromatic N) is 3. The molecule has 2 aromatic carbocycles. The van der Waals surface area contributed by atoms with Gasteiger partial charge in [-0.05, 0) is 18.1 Å². The molecule has 6 heteroatoms. The summed E-state index contributed by atoms with van der Waals surface area (Å²) in [5.41, 5.74) is 3.20. The molecule has 1 atom stereocenters. The SMILES string of the molecule is CC1=C(C(=O)OCc2ccccc2)[C@@H](/C=C\c2ccccc2)n2ncnc2N1. The van der Waals surface area contributed by atoms with Crippen molar-refractivity contribution in [3.63, 3.8) is 0 Å². The smallest absolute Gasteiger partial charge is 0.338 e. The topological polar surface area (TPSA) is 69.0 Å². The van der Waals surface area contributed by atoms with Gasteiger partial charge in [0.2, 0.25) is 5.95 Å². The maximum atomic E-state index is 12.9. The van der Waals surface area contributed by atoms with Gasteiger partial charge in [-0.15, -0.1) is 0 Å². The Morgan fingerprint density at radius 2 is 1.86 bits per heavy atom. The third kappa shape index (κ3) is 3.71. The molecule has 0 unspecified atom stereocenters. The fourth-order valence-electron chi connectivity index (χ4n) is 3.14. The highest BCUT2D eigenvalue weighted by molar-refractivity contribution is 5.92. The van der Waals surface area contributed by atoms with Crippen LogP contribution in [0.4, 0.5) is 5.95 Å². The molecule has 0 amide bonds. The number of allylic oxidation sites excluding steroid dienone is 2. The predicted octanol–water partition coefficient (Wildman–Crippen LogP) is 3.98. The molecule has 0 radical (unpaired) electrons. The molecule has 1 aliphatic heterocycles. The summed E-state index contributed by atoms with van der Waals surface area (Å²) in [5.74, 6) is 0.220. The van der Waals surface area contributed by atoms with Crippen molar-refractivity contribution >= 4 is 18.0 Å². The number of ether oxygens (including phenoxy) is 1. The van der Waals surface area contributed by atoms with Crippen LogP contribution in [-0.4, -0.2) is 20.7 Å². The van der Waals surface area contributed by atoms with E-state index in [9.17, 15) is 4.79 Å². The van der Waals surface area contributed by atoms with Crippen molar-refractivity contribution in [1.82, 2.24) is 14.8 Å². The Hall–Kier alpha value is -3.67. The summed E-state index contributed by atoms with van der Waals surface area (Å²) in [6.07, 6.45) is 5.38. The molecule has 1 aromatic heterocycles. The van der Waals surface area contributed by atoms with Crippen LogP contribution in [0, 0.1) is 0 Å². The fourth-order valence-corrected chi connectivity index (χ4v) is 3.14. The molecule has 0 fully saturated rings. The first kappa shape index (κ1) is 17.7. The second-order valence-electron chi connectivity index (χ2n) is 6.47. The summed E-state index contributed by atoms with van der Waals surface area (Å²) >= 11 is 0. The Balaban J connectivity index is 1.61. The molecule has 1 aliphatic rings. The Labute approximate surface area is 163 Å². The summed E-state index contributed by atoms with van der Waals surface area (Å²) in [6, 6.07) is 19.1. The number of carbonyl (C=O) groups excluding carboxylic acids is 1. The van der Waals surface area contributed by atoms with E-state index < -0.39 is 6.04 Å². The van der Waals surface area contributed by atoms with E-state index in [1.165, 1.54) is 6.33 Å². The van der Waals surface area contributed by atoms with Crippen LogP contribution in [0.2, 0.25) is 0 Å². The van der Waals surface area contributed by atoms with Crippen LogP contribution in [-0.2, 0) is 16.1 Å². The molecule has 140 valence electrons. The van der Waals surface area contributed by atoms with Crippen molar-refractivity contribution in [2.45, 2.75) is 19.6 Å². The van der Waals surface area contributed by atoms with E-state index in [2.05, 4.69) is 15.4 Å². The van der Waals surface area contributed by atoms with Crippen molar-refractivity contribution < 1.29 is 9.53 Å². The molecule has 0 aliphatic carbocycles. The van der Waals surface area contributed by atoms with Crippen LogP contribution in [0.15, 0.2) is 84.3 Å². The molecule has 0 spiro atoms. The van der Waals surface area contributed by atoms with Crippen molar-refractivity contribution in [3.05, 3.63) is 95.5 Å². The second-order valence-corrected chi connectivity index (χ2v) is 6.47. The van der Waals surface area contributed by atoms with Crippen LogP contribution in [0.1, 0.15) is 24.1 Å². The Morgan fingerprint density at radius 3 is 2.61 bits per heavy atom. The molecule has 0 saturated heterocycles. The minimum absolute atomic E-state index is 0.218. The van der Waals surface area contributed by atoms with Gasteiger partial charge in [0.05, 0.1) is 5.57 Å². The Kier molecular flexibility index (Phi) is 5.01. The third-order valence-corrected chi connectivity index (χ3v) is 4.54. The highest BCUT2D eigenvalue weighted by Gasteiger charge is 2.31. The van der Waals surface area contributed by atoms with Crippen LogP contribution in [0.3, 0.4) is 0 Å². The molecule has 0 bridgehead atoms. The largest absolute Gasteiger partial charge is 0.457 e. The summed E-state index contributed by atoms with van der Waals surface area (Å²) in [7, 11) is 0. The lowest BCUT2D eigenvalue weighted by atomic mass is 10.0. The van der Waals surface area contributed by atoms with Crippen LogP contribution >= 0.6 is 0 Å². The number of carbonyl (C=O) groups is 1. The average molecular weight is 372 g/mol. The van der Waals surface area contributed by atoms with Gasteiger partial charge < -0.3 is 10.1 Å². The van der Waals surface area contributed by atoms with E-state index >= 15 is 0 Å². The number of fused-ring (bicyclic) bond motifs is 1. The Bertz CT molecular complexity index is 1020. The maximum absolute atomic E-state index is 12.9. The monoisotopic (exact) mass is 372 g/mol. The van der Waals surface area contributed by atoms with E-state index in [-0.39, 0.29) is 12.6 Å². The van der Waals surface area contributed by atoms with Gasteiger partial charge in [0.15, 0.2) is 0 Å². The number of hydrogen-bond acceptors (Lipinski definition) is 5. The third-order valence-electron chi connectivity index (χ3n) is 4.54. The van der Waals surface area contributed by atoms with Gasteiger partial charge >= 0.3 is 5.97 Å². The zero-order valence-corrected chi connectivity index (χ0v) is 15.4. The second kappa shape index (κ2) is 7.92. The van der Waals surface area contributed by atoms with Gasteiger partial charge in [0, 0.05) is 5.70 Å². The number of hydrogen-bond donors (Lipinski definition) is 1. The quantitative estimate of drug-likeness (QED) is 0.686. The summed E-state index contributed by atoms with van der Waals surface area (Å²) in [4.78, 5) is 17.1. The zero-order chi connectivity index (χ0) is 19.3. The van der Waals surface area contributed by atoms with Gasteiger partial charge in [-0.25, -0.2) is 9.48 Å². The maximum Gasteiger partial charge on any atom is 0.338 e. The molecular formula is C22H20N4O2. The van der Waals surface area contributed by atoms with Crippen molar-refractivity contribution in [1.29, 1.82) is 0 Å². The van der Waals surface area contributed by atoms with Crippen molar-refractivity contribution in [2.75, 3.05) is 5.32 Å². The zero-order valence-electron chi connectivity index (χ0n) is 15.4. The minimum atomic E-state index is -0.401. The van der Waals surface area contributed by atoms with Crippen LogP contribution < -0.4 is 5.32 Å². The molecule has 0 saturated carbocycles. The van der Waals surface area contributed by atoms with E-state index in [0.29, 0.717) is 17.2 Å². The van der Waals surface area contributed by atoms with Crippen molar-refractivity contribution in [2.24, 2.45) is 0 Å². The normalized spacial score (nSPS) is 16.0. The number of benzene rings is 2. The standard InChI is InChI=1S/C22H20N4O2/c1-16-20(21(27)28-14-18-10-6-3-7-11-18)19(26-22(25-16)23-15-24-26)13-12-17-8-4-2-5-9-17/h2-13,15,19H,14H2,1H3,(H,23,24,25)/b13-12-/t19-/m1/s1. The fraction of sp³-hybridized carbons (Fsp3) is 0.136. The lowest BCUT2D eigenvalue weighted by Gasteiger charge is -2.25. The number of anilines is 1. The Morgan fingerprint density at radius 1 is 1.14 bits per heavy atom. The van der Waals surface area contributed by atoms with Gasteiger partial charge in [-0.2, -0.15) is 10.1 Å². The lowest BCUT2D eigenvalue weighted by Crippen LogP contribution is -2.27. The van der Waals surface area contributed by atoms with E-state index in [1.807, 2.05) is 79.7 Å². The van der Waals surface area contributed by atoms with E-state index in [4.69, 9.17) is 4.74 Å². The number of aromatic nitrogens is 3. The average Bonchev–Trinajstić information content (AvgIpc) is 3.19. The molecule has 2 heterocycles. The van der Waals surface area contributed by atoms with Gasteiger partial charge in [-0.3, -0.25) is 0 Å². The summed E-state index contributed by atoms with van der Waals surface area (Å²) in [5, 5.41) is 7.42. The first-order chi connectivity index (χ1) is 13.7. The molecule has 4 rings (SSSR count). The number of rotatable bonds is 5. The van der Waals surface area contributed by atoms with Crippen LogP contribution in [0.5, 0.6) is 0 Å². The van der Waals surface area contributed by atoms with Gasteiger partial charge in [0.25, 0.3) is 0 Å². The van der Waals surface area contributed by atoms with E-state index in [0.717, 1.165) is 11.1 Å². The van der Waals surface area contributed by atoms with Crippen molar-refractivity contribution in [3.8, 4) is 0 Å². The number of nitrogens with one attached hydrogen (secondary N) is 1. The summed E-state index contributed by atoms with van der Waals surface area (Å²) < 4.78 is 7.27. The molecule has 28 heavy (non-hydrogen) atoms. The van der Waals surface area contributed by atoms with Crippen LogP contribution in [0.25, 0.3) is 6.08 Å². The summed E-state index contributed by atoms with van der Waals surface area (Å²) in [6.45, 7) is 2.07. The first-order valence-corrected chi connectivity index (χ1v) is 9.04. The minimum Gasteiger partial charge on any atom is -0.457 e. The van der Waals surface area contributed by atoms with E-state index in [1.54, 1.807) is 4.68 Å². The van der Waals surface area contributed by atoms with Gasteiger partial charge in [0.1, 0.15) is 19.0 Å². The predicted molar refractivity (Wildman–Crippen MR) is 107 cm³/mol. The van der Waals surface area contributed by atoms with Gasteiger partial charge in [-0.1, -0.05) is 72.8 Å². The molecule has 3 aromatic rings. The molecular weight excluding hydrogens is 352 g/mol. The molecule has 1 N–H and O–H groups in total. The molecule has 6 nitrogen and oxygen atoms in total. The highest BCUT2D eigenvalue weighted by atomic mass is 16.5. The highest BCUT2D eigenvalue weighted by Crippen LogP contribution is 2.31. The number of esters is 1.